The van der Waals surface area contributed by atoms with Crippen LogP contribution in [0.15, 0.2) is 18.2 Å². The van der Waals surface area contributed by atoms with E-state index in [1.807, 2.05) is 6.07 Å². The lowest BCUT2D eigenvalue weighted by Gasteiger charge is -2.27. The molecular formula is C16H26N2. The summed E-state index contributed by atoms with van der Waals surface area (Å²) in [6.45, 7) is 3.16. The Morgan fingerprint density at radius 1 is 1.17 bits per heavy atom. The van der Waals surface area contributed by atoms with Crippen LogP contribution in [-0.2, 0) is 6.54 Å². The SMILES string of the molecule is Cc1c(N)cccc1CN(C)C1CCCCCC1. The Hall–Kier alpha value is -1.02. The second-order valence-electron chi connectivity index (χ2n) is 5.69. The normalized spacial score (nSPS) is 17.9. The van der Waals surface area contributed by atoms with Gasteiger partial charge in [0.2, 0.25) is 0 Å². The van der Waals surface area contributed by atoms with E-state index >= 15 is 0 Å². The summed E-state index contributed by atoms with van der Waals surface area (Å²) in [6, 6.07) is 7.02. The highest BCUT2D eigenvalue weighted by Crippen LogP contribution is 2.24. The highest BCUT2D eigenvalue weighted by Gasteiger charge is 2.17. The molecule has 0 heterocycles. The topological polar surface area (TPSA) is 29.3 Å². The van der Waals surface area contributed by atoms with Crippen molar-refractivity contribution in [1.82, 2.24) is 4.90 Å². The van der Waals surface area contributed by atoms with E-state index in [1.165, 1.54) is 49.7 Å². The van der Waals surface area contributed by atoms with Crippen LogP contribution in [0.5, 0.6) is 0 Å². The molecule has 1 saturated carbocycles. The van der Waals surface area contributed by atoms with Gasteiger partial charge in [-0.3, -0.25) is 4.90 Å². The van der Waals surface area contributed by atoms with Gasteiger partial charge in [0.25, 0.3) is 0 Å². The van der Waals surface area contributed by atoms with E-state index in [4.69, 9.17) is 5.73 Å². The number of anilines is 1. The molecule has 0 aliphatic heterocycles. The first-order valence-electron chi connectivity index (χ1n) is 7.22. The van der Waals surface area contributed by atoms with Gasteiger partial charge in [-0.2, -0.15) is 0 Å². The van der Waals surface area contributed by atoms with Gasteiger partial charge in [0.05, 0.1) is 0 Å². The van der Waals surface area contributed by atoms with Crippen LogP contribution in [0.1, 0.15) is 49.7 Å². The maximum Gasteiger partial charge on any atom is 0.0346 e. The Kier molecular flexibility index (Phi) is 4.65. The van der Waals surface area contributed by atoms with Crippen molar-refractivity contribution in [2.75, 3.05) is 12.8 Å². The molecule has 0 unspecified atom stereocenters. The summed E-state index contributed by atoms with van der Waals surface area (Å²) in [4.78, 5) is 2.52. The highest BCUT2D eigenvalue weighted by molar-refractivity contribution is 5.49. The number of nitrogens with two attached hydrogens (primary N) is 1. The van der Waals surface area contributed by atoms with Crippen molar-refractivity contribution in [3.05, 3.63) is 29.3 Å². The Labute approximate surface area is 111 Å². The van der Waals surface area contributed by atoms with Crippen molar-refractivity contribution in [2.24, 2.45) is 0 Å². The predicted octanol–water partition coefficient (Wildman–Crippen LogP) is 3.73. The monoisotopic (exact) mass is 246 g/mol. The van der Waals surface area contributed by atoms with Gasteiger partial charge in [0.1, 0.15) is 0 Å². The van der Waals surface area contributed by atoms with E-state index in [9.17, 15) is 0 Å². The first-order valence-corrected chi connectivity index (χ1v) is 7.22. The molecule has 2 rings (SSSR count). The summed E-state index contributed by atoms with van der Waals surface area (Å²) >= 11 is 0. The zero-order valence-electron chi connectivity index (χ0n) is 11.8. The van der Waals surface area contributed by atoms with Gasteiger partial charge < -0.3 is 5.73 Å². The van der Waals surface area contributed by atoms with Crippen LogP contribution >= 0.6 is 0 Å². The zero-order valence-corrected chi connectivity index (χ0v) is 11.8. The fourth-order valence-corrected chi connectivity index (χ4v) is 2.97. The molecule has 0 saturated heterocycles. The Bertz CT molecular complexity index is 379. The third-order valence-electron chi connectivity index (χ3n) is 4.36. The molecule has 18 heavy (non-hydrogen) atoms. The molecule has 0 bridgehead atoms. The molecule has 1 aliphatic carbocycles. The Balaban J connectivity index is 2.01. The smallest absolute Gasteiger partial charge is 0.0346 e. The lowest BCUT2D eigenvalue weighted by atomic mass is 10.0. The van der Waals surface area contributed by atoms with Crippen molar-refractivity contribution in [1.29, 1.82) is 0 Å². The van der Waals surface area contributed by atoms with Gasteiger partial charge in [-0.25, -0.2) is 0 Å². The molecule has 100 valence electrons. The van der Waals surface area contributed by atoms with E-state index in [1.54, 1.807) is 0 Å². The van der Waals surface area contributed by atoms with Crippen LogP contribution in [0.4, 0.5) is 5.69 Å². The molecule has 0 spiro atoms. The average molecular weight is 246 g/mol. The zero-order chi connectivity index (χ0) is 13.0. The molecule has 2 nitrogen and oxygen atoms in total. The molecule has 1 fully saturated rings. The Morgan fingerprint density at radius 3 is 2.50 bits per heavy atom. The maximum atomic E-state index is 5.98. The van der Waals surface area contributed by atoms with Gasteiger partial charge >= 0.3 is 0 Å². The molecule has 0 radical (unpaired) electrons. The van der Waals surface area contributed by atoms with Crippen LogP contribution in [-0.4, -0.2) is 18.0 Å². The predicted molar refractivity (Wildman–Crippen MR) is 78.5 cm³/mol. The lowest BCUT2D eigenvalue weighted by Crippen LogP contribution is -2.31. The standard InChI is InChI=1S/C16H26N2/c1-13-14(8-7-11-16(13)17)12-18(2)15-9-5-3-4-6-10-15/h7-8,11,15H,3-6,9-10,12,17H2,1-2H3. The molecule has 0 aromatic heterocycles. The van der Waals surface area contributed by atoms with Crippen molar-refractivity contribution >= 4 is 5.69 Å². The van der Waals surface area contributed by atoms with Crippen molar-refractivity contribution in [3.8, 4) is 0 Å². The molecule has 0 atom stereocenters. The van der Waals surface area contributed by atoms with E-state index < -0.39 is 0 Å². The fraction of sp³-hybridized carbons (Fsp3) is 0.625. The highest BCUT2D eigenvalue weighted by atomic mass is 15.1. The molecule has 2 N–H and O–H groups in total. The van der Waals surface area contributed by atoms with Gasteiger partial charge in [0.15, 0.2) is 0 Å². The largest absolute Gasteiger partial charge is 0.399 e. The third-order valence-corrected chi connectivity index (χ3v) is 4.36. The first kappa shape index (κ1) is 13.4. The number of hydrogen-bond acceptors (Lipinski definition) is 2. The minimum Gasteiger partial charge on any atom is -0.399 e. The number of hydrogen-bond donors (Lipinski definition) is 1. The average Bonchev–Trinajstić information content (AvgIpc) is 2.63. The minimum atomic E-state index is 0.758. The van der Waals surface area contributed by atoms with E-state index in [-0.39, 0.29) is 0 Å². The number of rotatable bonds is 3. The van der Waals surface area contributed by atoms with E-state index in [0.29, 0.717) is 0 Å². The summed E-state index contributed by atoms with van der Waals surface area (Å²) in [5, 5.41) is 0. The number of nitrogens with zero attached hydrogens (tertiary/aromatic N) is 1. The van der Waals surface area contributed by atoms with Gasteiger partial charge in [-0.05, 0) is 44.0 Å². The molecule has 0 amide bonds. The maximum absolute atomic E-state index is 5.98. The second-order valence-corrected chi connectivity index (χ2v) is 5.69. The fourth-order valence-electron chi connectivity index (χ4n) is 2.97. The van der Waals surface area contributed by atoms with Gasteiger partial charge in [-0.15, -0.1) is 0 Å². The van der Waals surface area contributed by atoms with Crippen LogP contribution in [0.2, 0.25) is 0 Å². The van der Waals surface area contributed by atoms with Gasteiger partial charge in [0, 0.05) is 18.3 Å². The quantitative estimate of drug-likeness (QED) is 0.650. The van der Waals surface area contributed by atoms with Crippen molar-refractivity contribution in [3.63, 3.8) is 0 Å². The second kappa shape index (κ2) is 6.24. The molecule has 1 aromatic carbocycles. The van der Waals surface area contributed by atoms with Gasteiger partial charge in [-0.1, -0.05) is 37.8 Å². The van der Waals surface area contributed by atoms with E-state index in [0.717, 1.165) is 18.3 Å². The van der Waals surface area contributed by atoms with E-state index in [2.05, 4.69) is 31.0 Å². The Morgan fingerprint density at radius 2 is 1.83 bits per heavy atom. The van der Waals surface area contributed by atoms with Crippen LogP contribution in [0.3, 0.4) is 0 Å². The molecule has 1 aromatic rings. The molecule has 1 aliphatic rings. The third kappa shape index (κ3) is 3.26. The summed E-state index contributed by atoms with van der Waals surface area (Å²) in [6.07, 6.45) is 8.34. The van der Waals surface area contributed by atoms with Crippen LogP contribution in [0, 0.1) is 6.92 Å². The number of nitrogen functional groups attached to an aromatic ring is 1. The summed E-state index contributed by atoms with van der Waals surface area (Å²) in [5.41, 5.74) is 9.52. The summed E-state index contributed by atoms with van der Waals surface area (Å²) < 4.78 is 0. The van der Waals surface area contributed by atoms with Crippen LogP contribution in [0.25, 0.3) is 0 Å². The molecule has 2 heteroatoms. The number of benzene rings is 1. The van der Waals surface area contributed by atoms with Crippen LogP contribution < -0.4 is 5.73 Å². The minimum absolute atomic E-state index is 0.758. The summed E-state index contributed by atoms with van der Waals surface area (Å²) in [5.74, 6) is 0. The molecular weight excluding hydrogens is 220 g/mol. The van der Waals surface area contributed by atoms with Crippen molar-refractivity contribution in [2.45, 2.75) is 58.0 Å². The first-order chi connectivity index (χ1) is 8.68. The lowest BCUT2D eigenvalue weighted by molar-refractivity contribution is 0.213. The summed E-state index contributed by atoms with van der Waals surface area (Å²) in [7, 11) is 2.26. The van der Waals surface area contributed by atoms with Crippen molar-refractivity contribution < 1.29 is 0 Å².